The van der Waals surface area contributed by atoms with Crippen LogP contribution in [0.5, 0.6) is 11.5 Å². The molecule has 15 heavy (non-hydrogen) atoms. The predicted octanol–water partition coefficient (Wildman–Crippen LogP) is 2.72. The summed E-state index contributed by atoms with van der Waals surface area (Å²) < 4.78 is 16.2. The van der Waals surface area contributed by atoms with E-state index in [0.717, 1.165) is 22.8 Å². The van der Waals surface area contributed by atoms with Gasteiger partial charge in [0, 0.05) is 5.56 Å². The minimum atomic E-state index is 0.606. The van der Waals surface area contributed by atoms with Crippen LogP contribution in [0.25, 0.3) is 11.3 Å². The van der Waals surface area contributed by atoms with E-state index >= 15 is 0 Å². The average Bonchev–Trinajstić information content (AvgIpc) is 2.82. The zero-order chi connectivity index (χ0) is 10.1. The van der Waals surface area contributed by atoms with Crippen molar-refractivity contribution in [2.75, 3.05) is 13.2 Å². The van der Waals surface area contributed by atoms with Crippen molar-refractivity contribution in [2.24, 2.45) is 0 Å². The van der Waals surface area contributed by atoms with Gasteiger partial charge in [-0.25, -0.2) is 0 Å². The maximum atomic E-state index is 5.50. The molecule has 0 spiro atoms. The summed E-state index contributed by atoms with van der Waals surface area (Å²) in [6.45, 7) is 1.22. The van der Waals surface area contributed by atoms with Gasteiger partial charge in [-0.3, -0.25) is 0 Å². The summed E-state index contributed by atoms with van der Waals surface area (Å²) in [5.41, 5.74) is 1.00. The van der Waals surface area contributed by atoms with Crippen LogP contribution in [0.15, 0.2) is 41.0 Å². The summed E-state index contributed by atoms with van der Waals surface area (Å²) in [6.07, 6.45) is 1.66. The molecule has 1 aliphatic heterocycles. The van der Waals surface area contributed by atoms with Gasteiger partial charge in [0.2, 0.25) is 0 Å². The Bertz CT molecular complexity index is 460. The van der Waals surface area contributed by atoms with Crippen LogP contribution in [0.4, 0.5) is 0 Å². The lowest BCUT2D eigenvalue weighted by Crippen LogP contribution is -2.15. The van der Waals surface area contributed by atoms with Crippen molar-refractivity contribution in [3.05, 3.63) is 36.6 Å². The molecule has 3 rings (SSSR count). The number of rotatable bonds is 1. The minimum absolute atomic E-state index is 0.606. The summed E-state index contributed by atoms with van der Waals surface area (Å²) in [6, 6.07) is 9.60. The standard InChI is InChI=1S/C12H10O3/c1-2-10(13-5-1)9-3-4-11-12(8-9)15-7-6-14-11/h1-5,8H,6-7H2. The highest BCUT2D eigenvalue weighted by Gasteiger charge is 2.12. The lowest BCUT2D eigenvalue weighted by atomic mass is 10.1. The summed E-state index contributed by atoms with van der Waals surface area (Å²) in [4.78, 5) is 0. The Balaban J connectivity index is 2.04. The second-order valence-corrected chi connectivity index (χ2v) is 3.34. The zero-order valence-electron chi connectivity index (χ0n) is 8.10. The molecule has 0 saturated heterocycles. The van der Waals surface area contributed by atoms with Gasteiger partial charge in [0.05, 0.1) is 6.26 Å². The van der Waals surface area contributed by atoms with Gasteiger partial charge >= 0.3 is 0 Å². The van der Waals surface area contributed by atoms with Gasteiger partial charge in [-0.2, -0.15) is 0 Å². The Hall–Kier alpha value is -1.90. The highest BCUT2D eigenvalue weighted by Crippen LogP contribution is 2.34. The van der Waals surface area contributed by atoms with E-state index in [9.17, 15) is 0 Å². The molecule has 0 amide bonds. The lowest BCUT2D eigenvalue weighted by molar-refractivity contribution is 0.171. The van der Waals surface area contributed by atoms with Gasteiger partial charge in [0.1, 0.15) is 19.0 Å². The van der Waals surface area contributed by atoms with Crippen molar-refractivity contribution in [3.63, 3.8) is 0 Å². The molecule has 0 aliphatic carbocycles. The number of hydrogen-bond acceptors (Lipinski definition) is 3. The molecule has 3 nitrogen and oxygen atoms in total. The molecule has 76 valence electrons. The number of fused-ring (bicyclic) bond motifs is 1. The van der Waals surface area contributed by atoms with Crippen molar-refractivity contribution in [1.29, 1.82) is 0 Å². The molecular weight excluding hydrogens is 192 g/mol. The third-order valence-corrected chi connectivity index (χ3v) is 2.35. The maximum absolute atomic E-state index is 5.50. The van der Waals surface area contributed by atoms with E-state index in [4.69, 9.17) is 13.9 Å². The first-order valence-electron chi connectivity index (χ1n) is 4.87. The number of hydrogen-bond donors (Lipinski definition) is 0. The average molecular weight is 202 g/mol. The topological polar surface area (TPSA) is 31.6 Å². The first-order valence-corrected chi connectivity index (χ1v) is 4.87. The van der Waals surface area contributed by atoms with E-state index in [1.165, 1.54) is 0 Å². The SMILES string of the molecule is c1coc(-c2ccc3c(c2)OCCO3)c1. The van der Waals surface area contributed by atoms with Crippen molar-refractivity contribution >= 4 is 0 Å². The fraction of sp³-hybridized carbons (Fsp3) is 0.167. The largest absolute Gasteiger partial charge is 0.486 e. The molecule has 0 bridgehead atoms. The molecule has 1 aromatic heterocycles. The highest BCUT2D eigenvalue weighted by atomic mass is 16.6. The molecular formula is C12H10O3. The second-order valence-electron chi connectivity index (χ2n) is 3.34. The zero-order valence-corrected chi connectivity index (χ0v) is 8.10. The van der Waals surface area contributed by atoms with Crippen LogP contribution in [-0.2, 0) is 0 Å². The first kappa shape index (κ1) is 8.41. The van der Waals surface area contributed by atoms with Crippen LogP contribution in [0, 0.1) is 0 Å². The molecule has 1 aliphatic rings. The molecule has 0 unspecified atom stereocenters. The van der Waals surface area contributed by atoms with Crippen molar-refractivity contribution < 1.29 is 13.9 Å². The van der Waals surface area contributed by atoms with E-state index in [2.05, 4.69) is 0 Å². The fourth-order valence-electron chi connectivity index (χ4n) is 1.64. The monoisotopic (exact) mass is 202 g/mol. The van der Waals surface area contributed by atoms with Crippen LogP contribution < -0.4 is 9.47 Å². The van der Waals surface area contributed by atoms with Crippen LogP contribution >= 0.6 is 0 Å². The summed E-state index contributed by atoms with van der Waals surface area (Å²) >= 11 is 0. The van der Waals surface area contributed by atoms with Crippen LogP contribution in [0.1, 0.15) is 0 Å². The van der Waals surface area contributed by atoms with Crippen LogP contribution in [0.3, 0.4) is 0 Å². The lowest BCUT2D eigenvalue weighted by Gasteiger charge is -2.18. The van der Waals surface area contributed by atoms with E-state index in [1.54, 1.807) is 6.26 Å². The van der Waals surface area contributed by atoms with Crippen molar-refractivity contribution in [2.45, 2.75) is 0 Å². The van der Waals surface area contributed by atoms with E-state index in [0.29, 0.717) is 13.2 Å². The summed E-state index contributed by atoms with van der Waals surface area (Å²) in [5.74, 6) is 2.43. The molecule has 0 radical (unpaired) electrons. The molecule has 2 aromatic rings. The molecule has 2 heterocycles. The van der Waals surface area contributed by atoms with Crippen molar-refractivity contribution in [1.82, 2.24) is 0 Å². The van der Waals surface area contributed by atoms with Gasteiger partial charge in [0.25, 0.3) is 0 Å². The Labute approximate surface area is 87.2 Å². The number of ether oxygens (including phenoxy) is 2. The van der Waals surface area contributed by atoms with Crippen LogP contribution in [0.2, 0.25) is 0 Å². The number of furan rings is 1. The minimum Gasteiger partial charge on any atom is -0.486 e. The molecule has 0 atom stereocenters. The maximum Gasteiger partial charge on any atom is 0.162 e. The van der Waals surface area contributed by atoms with Gasteiger partial charge in [-0.15, -0.1) is 0 Å². The van der Waals surface area contributed by atoms with Gasteiger partial charge in [0.15, 0.2) is 11.5 Å². The van der Waals surface area contributed by atoms with E-state index < -0.39 is 0 Å². The van der Waals surface area contributed by atoms with E-state index in [1.807, 2.05) is 30.3 Å². The molecule has 1 aromatic carbocycles. The Morgan fingerprint density at radius 2 is 1.80 bits per heavy atom. The Kier molecular flexibility index (Phi) is 1.88. The Morgan fingerprint density at radius 1 is 0.933 bits per heavy atom. The van der Waals surface area contributed by atoms with Crippen molar-refractivity contribution in [3.8, 4) is 22.8 Å². The molecule has 0 fully saturated rings. The smallest absolute Gasteiger partial charge is 0.162 e. The normalized spacial score (nSPS) is 13.9. The van der Waals surface area contributed by atoms with Gasteiger partial charge < -0.3 is 13.9 Å². The number of benzene rings is 1. The summed E-state index contributed by atoms with van der Waals surface area (Å²) in [5, 5.41) is 0. The quantitative estimate of drug-likeness (QED) is 0.712. The summed E-state index contributed by atoms with van der Waals surface area (Å²) in [7, 11) is 0. The molecule has 0 saturated carbocycles. The fourth-order valence-corrected chi connectivity index (χ4v) is 1.64. The molecule has 0 N–H and O–H groups in total. The first-order chi connectivity index (χ1) is 7.43. The van der Waals surface area contributed by atoms with Crippen LogP contribution in [-0.4, -0.2) is 13.2 Å². The van der Waals surface area contributed by atoms with Gasteiger partial charge in [-0.1, -0.05) is 0 Å². The second kappa shape index (κ2) is 3.35. The molecule has 3 heteroatoms. The highest BCUT2D eigenvalue weighted by molar-refractivity contribution is 5.62. The predicted molar refractivity (Wildman–Crippen MR) is 55.1 cm³/mol. The van der Waals surface area contributed by atoms with Gasteiger partial charge in [-0.05, 0) is 30.3 Å². The third-order valence-electron chi connectivity index (χ3n) is 2.35. The van der Waals surface area contributed by atoms with E-state index in [-0.39, 0.29) is 0 Å². The third kappa shape index (κ3) is 1.46. The Morgan fingerprint density at radius 3 is 2.60 bits per heavy atom.